The lowest BCUT2D eigenvalue weighted by molar-refractivity contribution is -0.155. The third kappa shape index (κ3) is 4.42. The second kappa shape index (κ2) is 7.86. The molecular weight excluding hydrogens is 350 g/mol. The number of hydrogen-bond donors (Lipinski definition) is 3. The fourth-order valence-corrected chi connectivity index (χ4v) is 5.43. The highest BCUT2D eigenvalue weighted by molar-refractivity contribution is 5.96. The zero-order valence-corrected chi connectivity index (χ0v) is 16.0. The van der Waals surface area contributed by atoms with Gasteiger partial charge in [0.1, 0.15) is 6.04 Å². The van der Waals surface area contributed by atoms with Crippen LogP contribution in [0.3, 0.4) is 0 Å². The van der Waals surface area contributed by atoms with E-state index in [1.807, 2.05) is 0 Å². The third-order valence-electron chi connectivity index (χ3n) is 6.16. The summed E-state index contributed by atoms with van der Waals surface area (Å²) in [4.78, 5) is 47.8. The maximum absolute atomic E-state index is 12.9. The summed E-state index contributed by atoms with van der Waals surface area (Å²) in [6.45, 7) is 3.10. The largest absolute Gasteiger partial charge is 0.454 e. The molecule has 4 saturated carbocycles. The molecule has 0 spiro atoms. The summed E-state index contributed by atoms with van der Waals surface area (Å²) in [5.74, 6) is 0.470. The van der Waals surface area contributed by atoms with Crippen molar-refractivity contribution in [3.8, 4) is 0 Å². The van der Waals surface area contributed by atoms with E-state index in [9.17, 15) is 19.2 Å². The predicted molar refractivity (Wildman–Crippen MR) is 96.4 cm³/mol. The highest BCUT2D eigenvalue weighted by Crippen LogP contribution is 2.60. The van der Waals surface area contributed by atoms with Crippen molar-refractivity contribution in [1.82, 2.24) is 16.0 Å². The molecule has 1 atom stereocenters. The summed E-state index contributed by atoms with van der Waals surface area (Å²) in [7, 11) is 0. The Balaban J connectivity index is 1.46. The SMILES string of the molecule is CCNC(=O)NC(=O)COC(=O)[C@H](C)NC(=O)C12CC3CC(CC(C3)C1)C2. The molecule has 4 rings (SSSR count). The molecule has 0 saturated heterocycles. The minimum Gasteiger partial charge on any atom is -0.454 e. The van der Waals surface area contributed by atoms with Gasteiger partial charge in [-0.2, -0.15) is 0 Å². The first-order valence-corrected chi connectivity index (χ1v) is 9.86. The van der Waals surface area contributed by atoms with Gasteiger partial charge in [-0.25, -0.2) is 9.59 Å². The molecule has 150 valence electrons. The van der Waals surface area contributed by atoms with Crippen LogP contribution in [-0.4, -0.2) is 43.0 Å². The van der Waals surface area contributed by atoms with Crippen LogP contribution in [0, 0.1) is 23.2 Å². The Morgan fingerprint density at radius 1 is 1.04 bits per heavy atom. The maximum atomic E-state index is 12.9. The van der Waals surface area contributed by atoms with Crippen LogP contribution in [0.1, 0.15) is 52.4 Å². The summed E-state index contributed by atoms with van der Waals surface area (Å²) in [5.41, 5.74) is -0.334. The van der Waals surface area contributed by atoms with E-state index in [2.05, 4.69) is 16.0 Å². The van der Waals surface area contributed by atoms with Gasteiger partial charge in [-0.05, 0) is 70.1 Å². The average molecular weight is 379 g/mol. The van der Waals surface area contributed by atoms with Gasteiger partial charge in [-0.15, -0.1) is 0 Å². The number of esters is 1. The first kappa shape index (κ1) is 19.6. The number of ether oxygens (including phenoxy) is 1. The number of urea groups is 1. The number of carbonyl (C=O) groups is 4. The molecule has 0 heterocycles. The van der Waals surface area contributed by atoms with Gasteiger partial charge in [0.05, 0.1) is 0 Å². The number of hydrogen-bond acceptors (Lipinski definition) is 5. The minimum atomic E-state index is -0.831. The molecule has 0 aromatic rings. The van der Waals surface area contributed by atoms with Gasteiger partial charge in [0, 0.05) is 12.0 Å². The molecule has 0 radical (unpaired) electrons. The molecule has 0 aromatic heterocycles. The van der Waals surface area contributed by atoms with Crippen LogP contribution in [0.2, 0.25) is 0 Å². The molecule has 27 heavy (non-hydrogen) atoms. The van der Waals surface area contributed by atoms with Crippen LogP contribution in [0.5, 0.6) is 0 Å². The molecule has 8 nitrogen and oxygen atoms in total. The van der Waals surface area contributed by atoms with E-state index in [-0.39, 0.29) is 11.3 Å². The number of rotatable bonds is 6. The number of amides is 4. The van der Waals surface area contributed by atoms with Crippen LogP contribution < -0.4 is 16.0 Å². The molecule has 0 aromatic carbocycles. The lowest BCUT2D eigenvalue weighted by atomic mass is 9.49. The Morgan fingerprint density at radius 2 is 1.59 bits per heavy atom. The van der Waals surface area contributed by atoms with Gasteiger partial charge in [0.15, 0.2) is 6.61 Å². The smallest absolute Gasteiger partial charge is 0.328 e. The van der Waals surface area contributed by atoms with E-state index >= 15 is 0 Å². The minimum absolute atomic E-state index is 0.0576. The molecule has 0 unspecified atom stereocenters. The summed E-state index contributed by atoms with van der Waals surface area (Å²) >= 11 is 0. The first-order chi connectivity index (χ1) is 12.8. The zero-order valence-electron chi connectivity index (χ0n) is 16.0. The normalized spacial score (nSPS) is 31.7. The van der Waals surface area contributed by atoms with Crippen molar-refractivity contribution in [3.05, 3.63) is 0 Å². The van der Waals surface area contributed by atoms with Crippen molar-refractivity contribution in [2.24, 2.45) is 23.2 Å². The van der Waals surface area contributed by atoms with Crippen molar-refractivity contribution in [2.75, 3.05) is 13.2 Å². The monoisotopic (exact) mass is 379 g/mol. The molecule has 4 fully saturated rings. The highest BCUT2D eigenvalue weighted by Gasteiger charge is 2.54. The molecule has 4 aliphatic rings. The van der Waals surface area contributed by atoms with E-state index in [0.29, 0.717) is 24.3 Å². The summed E-state index contributed by atoms with van der Waals surface area (Å²) in [6, 6.07) is -1.47. The standard InChI is InChI=1S/C19H29N3O5/c1-3-20-18(26)22-15(23)10-27-16(24)11(2)21-17(25)19-7-12-4-13(8-19)6-14(5-12)9-19/h11-14H,3-10H2,1-2H3,(H,21,25)(H2,20,22,23,26)/t11-,12?,13?,14?,19?/m0/s1. The van der Waals surface area contributed by atoms with Crippen LogP contribution in [0.15, 0.2) is 0 Å². The van der Waals surface area contributed by atoms with Gasteiger partial charge < -0.3 is 15.4 Å². The van der Waals surface area contributed by atoms with Gasteiger partial charge in [-0.1, -0.05) is 0 Å². The van der Waals surface area contributed by atoms with Gasteiger partial charge >= 0.3 is 12.0 Å². The fourth-order valence-electron chi connectivity index (χ4n) is 5.43. The molecule has 4 aliphatic carbocycles. The van der Waals surface area contributed by atoms with E-state index in [1.54, 1.807) is 13.8 Å². The Morgan fingerprint density at radius 3 is 2.11 bits per heavy atom. The van der Waals surface area contributed by atoms with Gasteiger partial charge in [0.2, 0.25) is 5.91 Å². The lowest BCUT2D eigenvalue weighted by Crippen LogP contribution is -2.56. The maximum Gasteiger partial charge on any atom is 0.328 e. The Bertz CT molecular complexity index is 598. The molecule has 4 amide bonds. The molecule has 0 aliphatic heterocycles. The van der Waals surface area contributed by atoms with E-state index in [4.69, 9.17) is 4.74 Å². The predicted octanol–water partition coefficient (Wildman–Crippen LogP) is 1.10. The van der Waals surface area contributed by atoms with Gasteiger partial charge in [0.25, 0.3) is 5.91 Å². The topological polar surface area (TPSA) is 114 Å². The van der Waals surface area contributed by atoms with Crippen molar-refractivity contribution >= 4 is 23.8 Å². The van der Waals surface area contributed by atoms with E-state index in [0.717, 1.165) is 19.3 Å². The van der Waals surface area contributed by atoms with Crippen LogP contribution >= 0.6 is 0 Å². The Hall–Kier alpha value is -2.12. The van der Waals surface area contributed by atoms with Crippen molar-refractivity contribution < 1.29 is 23.9 Å². The quantitative estimate of drug-likeness (QED) is 0.598. The third-order valence-corrected chi connectivity index (χ3v) is 6.16. The fraction of sp³-hybridized carbons (Fsp3) is 0.789. The van der Waals surface area contributed by atoms with E-state index < -0.39 is 30.6 Å². The highest BCUT2D eigenvalue weighted by atomic mass is 16.5. The summed E-state index contributed by atoms with van der Waals surface area (Å²) in [6.07, 6.45) is 6.48. The van der Waals surface area contributed by atoms with Crippen LogP contribution in [0.25, 0.3) is 0 Å². The van der Waals surface area contributed by atoms with Crippen LogP contribution in [0.4, 0.5) is 4.79 Å². The first-order valence-electron chi connectivity index (χ1n) is 9.86. The van der Waals surface area contributed by atoms with E-state index in [1.165, 1.54) is 19.3 Å². The number of carbonyl (C=O) groups excluding carboxylic acids is 4. The van der Waals surface area contributed by atoms with Crippen molar-refractivity contribution in [2.45, 2.75) is 58.4 Å². The van der Waals surface area contributed by atoms with Crippen molar-refractivity contribution in [1.29, 1.82) is 0 Å². The molecule has 3 N–H and O–H groups in total. The number of nitrogens with one attached hydrogen (secondary N) is 3. The Kier molecular flexibility index (Phi) is 5.72. The summed E-state index contributed by atoms with van der Waals surface area (Å²) < 4.78 is 4.92. The van der Waals surface area contributed by atoms with Crippen LogP contribution in [-0.2, 0) is 19.1 Å². The molecule has 8 heteroatoms. The lowest BCUT2D eigenvalue weighted by Gasteiger charge is -2.55. The Labute approximate surface area is 159 Å². The van der Waals surface area contributed by atoms with Gasteiger partial charge in [-0.3, -0.25) is 14.9 Å². The second-order valence-corrected chi connectivity index (χ2v) is 8.41. The summed E-state index contributed by atoms with van der Waals surface area (Å²) in [5, 5.41) is 7.26. The van der Waals surface area contributed by atoms with Crippen molar-refractivity contribution in [3.63, 3.8) is 0 Å². The molecular formula is C19H29N3O5. The number of imide groups is 1. The zero-order chi connectivity index (χ0) is 19.6. The molecule has 4 bridgehead atoms. The average Bonchev–Trinajstić information content (AvgIpc) is 2.58. The second-order valence-electron chi connectivity index (χ2n) is 8.41.